The van der Waals surface area contributed by atoms with Gasteiger partial charge in [-0.2, -0.15) is 0 Å². The van der Waals surface area contributed by atoms with Crippen molar-refractivity contribution in [3.8, 4) is 0 Å². The molecule has 5 nitrogen and oxygen atoms in total. The Hall–Kier alpha value is -1.01. The van der Waals surface area contributed by atoms with E-state index in [2.05, 4.69) is 4.74 Å². The molecule has 0 radical (unpaired) electrons. The molecule has 1 aromatic carbocycles. The molecule has 0 aromatic heterocycles. The SMILES string of the molecule is CCOC(=O)C(O)C(O)c1cc(Cl)cc(Cl)c1N. The highest BCUT2D eigenvalue weighted by Gasteiger charge is 2.29. The van der Waals surface area contributed by atoms with E-state index in [0.717, 1.165) is 0 Å². The first-order chi connectivity index (χ1) is 8.38. The molecule has 0 bridgehead atoms. The number of hydrogen-bond donors (Lipinski definition) is 3. The molecule has 0 heterocycles. The molecule has 4 N–H and O–H groups in total. The second kappa shape index (κ2) is 6.24. The van der Waals surface area contributed by atoms with Crippen molar-refractivity contribution in [2.45, 2.75) is 19.1 Å². The van der Waals surface area contributed by atoms with Gasteiger partial charge in [0.1, 0.15) is 6.10 Å². The molecule has 0 aliphatic rings. The number of benzene rings is 1. The number of carbonyl (C=O) groups is 1. The van der Waals surface area contributed by atoms with Crippen LogP contribution in [0.1, 0.15) is 18.6 Å². The van der Waals surface area contributed by atoms with E-state index in [0.29, 0.717) is 0 Å². The number of aliphatic hydroxyl groups excluding tert-OH is 2. The fourth-order valence-corrected chi connectivity index (χ4v) is 1.89. The van der Waals surface area contributed by atoms with Crippen LogP contribution >= 0.6 is 23.2 Å². The number of anilines is 1. The monoisotopic (exact) mass is 293 g/mol. The second-order valence-corrected chi connectivity index (χ2v) is 4.38. The Morgan fingerprint density at radius 2 is 2.06 bits per heavy atom. The third-order valence-electron chi connectivity index (χ3n) is 2.27. The predicted molar refractivity (Wildman–Crippen MR) is 68.5 cm³/mol. The van der Waals surface area contributed by atoms with Crippen LogP contribution in [0.3, 0.4) is 0 Å². The van der Waals surface area contributed by atoms with Gasteiger partial charge in [0, 0.05) is 10.6 Å². The number of esters is 1. The highest BCUT2D eigenvalue weighted by Crippen LogP contribution is 2.33. The maximum atomic E-state index is 11.3. The van der Waals surface area contributed by atoms with Crippen molar-refractivity contribution in [3.05, 3.63) is 27.7 Å². The molecule has 18 heavy (non-hydrogen) atoms. The minimum absolute atomic E-state index is 0.0527. The maximum Gasteiger partial charge on any atom is 0.338 e. The van der Waals surface area contributed by atoms with Gasteiger partial charge in [-0.25, -0.2) is 4.79 Å². The number of ether oxygens (including phenoxy) is 1. The zero-order chi connectivity index (χ0) is 13.9. The molecule has 2 atom stereocenters. The summed E-state index contributed by atoms with van der Waals surface area (Å²) in [6, 6.07) is 2.72. The van der Waals surface area contributed by atoms with Crippen LogP contribution < -0.4 is 5.73 Å². The summed E-state index contributed by atoms with van der Waals surface area (Å²) in [6.45, 7) is 1.68. The smallest absolute Gasteiger partial charge is 0.338 e. The van der Waals surface area contributed by atoms with Crippen molar-refractivity contribution in [3.63, 3.8) is 0 Å². The van der Waals surface area contributed by atoms with Crippen LogP contribution in [0, 0.1) is 0 Å². The molecule has 0 aliphatic carbocycles. The zero-order valence-electron chi connectivity index (χ0n) is 9.56. The topological polar surface area (TPSA) is 92.8 Å². The summed E-state index contributed by atoms with van der Waals surface area (Å²) in [5, 5.41) is 19.8. The first-order valence-electron chi connectivity index (χ1n) is 5.15. The summed E-state index contributed by atoms with van der Waals surface area (Å²) in [5.74, 6) is -0.944. The molecule has 0 saturated carbocycles. The molecule has 1 aromatic rings. The Balaban J connectivity index is 3.03. The lowest BCUT2D eigenvalue weighted by molar-refractivity contribution is -0.159. The van der Waals surface area contributed by atoms with E-state index in [1.165, 1.54) is 12.1 Å². The van der Waals surface area contributed by atoms with E-state index in [4.69, 9.17) is 28.9 Å². The highest BCUT2D eigenvalue weighted by molar-refractivity contribution is 6.36. The summed E-state index contributed by atoms with van der Waals surface area (Å²) in [4.78, 5) is 11.3. The number of nitrogens with two attached hydrogens (primary N) is 1. The number of rotatable bonds is 4. The van der Waals surface area contributed by atoms with Crippen molar-refractivity contribution in [2.24, 2.45) is 0 Å². The van der Waals surface area contributed by atoms with Crippen LogP contribution in [0.2, 0.25) is 10.0 Å². The van der Waals surface area contributed by atoms with Crippen molar-refractivity contribution < 1.29 is 19.7 Å². The predicted octanol–water partition coefficient (Wildman–Crippen LogP) is 1.53. The molecule has 7 heteroatoms. The summed E-state index contributed by atoms with van der Waals surface area (Å²) in [5.41, 5.74) is 5.78. The van der Waals surface area contributed by atoms with Crippen LogP contribution in [0.4, 0.5) is 5.69 Å². The summed E-state index contributed by atoms with van der Waals surface area (Å²) >= 11 is 11.6. The largest absolute Gasteiger partial charge is 0.464 e. The third kappa shape index (κ3) is 3.26. The molecule has 0 saturated heterocycles. The van der Waals surface area contributed by atoms with Crippen LogP contribution in [0.15, 0.2) is 12.1 Å². The maximum absolute atomic E-state index is 11.3. The van der Waals surface area contributed by atoms with Gasteiger partial charge in [-0.15, -0.1) is 0 Å². The first-order valence-corrected chi connectivity index (χ1v) is 5.91. The number of nitrogen functional groups attached to an aromatic ring is 1. The molecular weight excluding hydrogens is 281 g/mol. The number of hydrogen-bond acceptors (Lipinski definition) is 5. The van der Waals surface area contributed by atoms with Gasteiger partial charge in [-0.3, -0.25) is 0 Å². The lowest BCUT2D eigenvalue weighted by atomic mass is 10.0. The standard InChI is InChI=1S/C11H13Cl2NO4/c1-2-18-11(17)10(16)9(15)6-3-5(12)4-7(13)8(6)14/h3-4,9-10,15-16H,2,14H2,1H3. The Labute approximate surface area is 114 Å². The van der Waals surface area contributed by atoms with Crippen LogP contribution in [0.5, 0.6) is 0 Å². The van der Waals surface area contributed by atoms with Gasteiger partial charge in [0.05, 0.1) is 17.3 Å². The number of halogens is 2. The number of carbonyl (C=O) groups excluding carboxylic acids is 1. The van der Waals surface area contributed by atoms with Gasteiger partial charge >= 0.3 is 5.97 Å². The Bertz CT molecular complexity index is 453. The highest BCUT2D eigenvalue weighted by atomic mass is 35.5. The zero-order valence-corrected chi connectivity index (χ0v) is 11.1. The Morgan fingerprint density at radius 3 is 2.61 bits per heavy atom. The van der Waals surface area contributed by atoms with E-state index < -0.39 is 18.2 Å². The summed E-state index contributed by atoms with van der Waals surface area (Å²) in [7, 11) is 0. The first kappa shape index (κ1) is 15.0. The normalized spacial score (nSPS) is 14.1. The molecule has 100 valence electrons. The van der Waals surface area contributed by atoms with E-state index >= 15 is 0 Å². The van der Waals surface area contributed by atoms with Gasteiger partial charge in [0.25, 0.3) is 0 Å². The minimum Gasteiger partial charge on any atom is -0.464 e. The summed E-state index contributed by atoms with van der Waals surface area (Å²) in [6.07, 6.45) is -3.30. The van der Waals surface area contributed by atoms with Gasteiger partial charge < -0.3 is 20.7 Å². The van der Waals surface area contributed by atoms with Crippen molar-refractivity contribution in [2.75, 3.05) is 12.3 Å². The average Bonchev–Trinajstić information content (AvgIpc) is 2.32. The van der Waals surface area contributed by atoms with Crippen LogP contribution in [0.25, 0.3) is 0 Å². The molecule has 0 aliphatic heterocycles. The van der Waals surface area contributed by atoms with Gasteiger partial charge in [0.15, 0.2) is 6.10 Å². The van der Waals surface area contributed by atoms with E-state index in [9.17, 15) is 15.0 Å². The Morgan fingerprint density at radius 1 is 1.44 bits per heavy atom. The van der Waals surface area contributed by atoms with Crippen LogP contribution in [-0.2, 0) is 9.53 Å². The molecule has 2 unspecified atom stereocenters. The van der Waals surface area contributed by atoms with Crippen molar-refractivity contribution >= 4 is 34.9 Å². The quantitative estimate of drug-likeness (QED) is 0.578. The molecular formula is C11H13Cl2NO4. The van der Waals surface area contributed by atoms with E-state index in [-0.39, 0.29) is 27.9 Å². The number of aliphatic hydroxyl groups is 2. The van der Waals surface area contributed by atoms with Crippen molar-refractivity contribution in [1.29, 1.82) is 0 Å². The minimum atomic E-state index is -1.75. The fraction of sp³-hybridized carbons (Fsp3) is 0.364. The van der Waals surface area contributed by atoms with Crippen LogP contribution in [-0.4, -0.2) is 28.9 Å². The van der Waals surface area contributed by atoms with Gasteiger partial charge in [-0.1, -0.05) is 23.2 Å². The molecule has 0 fully saturated rings. The van der Waals surface area contributed by atoms with Gasteiger partial charge in [0.2, 0.25) is 0 Å². The lowest BCUT2D eigenvalue weighted by Gasteiger charge is -2.19. The molecule has 1 rings (SSSR count). The lowest BCUT2D eigenvalue weighted by Crippen LogP contribution is -2.30. The third-order valence-corrected chi connectivity index (χ3v) is 2.80. The second-order valence-electron chi connectivity index (χ2n) is 3.53. The Kier molecular flexibility index (Phi) is 5.22. The van der Waals surface area contributed by atoms with Gasteiger partial charge in [-0.05, 0) is 19.1 Å². The van der Waals surface area contributed by atoms with E-state index in [1.807, 2.05) is 0 Å². The fourth-order valence-electron chi connectivity index (χ4n) is 1.38. The van der Waals surface area contributed by atoms with E-state index in [1.54, 1.807) is 6.92 Å². The molecule has 0 spiro atoms. The van der Waals surface area contributed by atoms with Crippen molar-refractivity contribution in [1.82, 2.24) is 0 Å². The molecule has 0 amide bonds. The average molecular weight is 294 g/mol. The summed E-state index contributed by atoms with van der Waals surface area (Å²) < 4.78 is 4.59.